The van der Waals surface area contributed by atoms with E-state index in [-0.39, 0.29) is 24.3 Å². The lowest BCUT2D eigenvalue weighted by atomic mass is 10.1. The molecular weight excluding hydrogens is 312 g/mol. The second-order valence-electron chi connectivity index (χ2n) is 5.81. The lowest BCUT2D eigenvalue weighted by Gasteiger charge is -2.24. The Morgan fingerprint density at radius 2 is 2.08 bits per heavy atom. The van der Waals surface area contributed by atoms with Crippen LogP contribution in [0.25, 0.3) is 0 Å². The van der Waals surface area contributed by atoms with E-state index in [4.69, 9.17) is 14.2 Å². The zero-order valence-corrected chi connectivity index (χ0v) is 14.5. The molecule has 7 heteroatoms. The highest BCUT2D eigenvalue weighted by Crippen LogP contribution is 2.30. The summed E-state index contributed by atoms with van der Waals surface area (Å²) in [5, 5.41) is 2.84. The van der Waals surface area contributed by atoms with E-state index in [0.29, 0.717) is 30.3 Å². The zero-order chi connectivity index (χ0) is 17.7. The topological polar surface area (TPSA) is 77.1 Å². The van der Waals surface area contributed by atoms with Gasteiger partial charge >= 0.3 is 0 Å². The third-order valence-corrected chi connectivity index (χ3v) is 4.13. The molecule has 0 aromatic heterocycles. The molecule has 1 aliphatic rings. The Hall–Kier alpha value is -2.28. The molecule has 0 spiro atoms. The van der Waals surface area contributed by atoms with Crippen LogP contribution >= 0.6 is 0 Å². The molecule has 1 aliphatic heterocycles. The molecular formula is C17H24N2O5. The first-order chi connectivity index (χ1) is 11.5. The lowest BCUT2D eigenvalue weighted by molar-refractivity contribution is -0.130. The van der Waals surface area contributed by atoms with Crippen molar-refractivity contribution in [3.8, 4) is 11.5 Å². The van der Waals surface area contributed by atoms with Gasteiger partial charge in [0.25, 0.3) is 0 Å². The molecule has 24 heavy (non-hydrogen) atoms. The Balaban J connectivity index is 2.07. The summed E-state index contributed by atoms with van der Waals surface area (Å²) >= 11 is 0. The number of hydrogen-bond donors (Lipinski definition) is 1. The van der Waals surface area contributed by atoms with Crippen LogP contribution in [0.3, 0.4) is 0 Å². The van der Waals surface area contributed by atoms with Gasteiger partial charge in [-0.05, 0) is 19.1 Å². The Labute approximate surface area is 141 Å². The minimum Gasteiger partial charge on any atom is -0.497 e. The van der Waals surface area contributed by atoms with Crippen molar-refractivity contribution >= 4 is 17.5 Å². The quantitative estimate of drug-likeness (QED) is 0.817. The molecule has 2 amide bonds. The first kappa shape index (κ1) is 18.1. The number of nitrogens with zero attached hydrogens (tertiary/aromatic N) is 1. The van der Waals surface area contributed by atoms with Gasteiger partial charge in [0, 0.05) is 26.1 Å². The van der Waals surface area contributed by atoms with Crippen LogP contribution in [0.2, 0.25) is 0 Å². The van der Waals surface area contributed by atoms with Gasteiger partial charge in [0.15, 0.2) is 0 Å². The molecule has 1 fully saturated rings. The fourth-order valence-electron chi connectivity index (χ4n) is 2.81. The maximum absolute atomic E-state index is 12.5. The van der Waals surface area contributed by atoms with Crippen molar-refractivity contribution in [3.63, 3.8) is 0 Å². The predicted molar refractivity (Wildman–Crippen MR) is 89.3 cm³/mol. The summed E-state index contributed by atoms with van der Waals surface area (Å²) in [6.45, 7) is 2.75. The van der Waals surface area contributed by atoms with Crippen molar-refractivity contribution in [3.05, 3.63) is 18.2 Å². The SMILES string of the molecule is COC[C@@H](C)N1C[C@@H](C(=O)Nc2cc(OC)ccc2OC)CC1=O. The Morgan fingerprint density at radius 3 is 2.71 bits per heavy atom. The zero-order valence-electron chi connectivity index (χ0n) is 14.5. The number of hydrogen-bond acceptors (Lipinski definition) is 5. The summed E-state index contributed by atoms with van der Waals surface area (Å²) in [4.78, 5) is 26.4. The molecule has 7 nitrogen and oxygen atoms in total. The number of carbonyl (C=O) groups is 2. The fourth-order valence-corrected chi connectivity index (χ4v) is 2.81. The highest BCUT2D eigenvalue weighted by atomic mass is 16.5. The molecule has 0 saturated carbocycles. The maximum atomic E-state index is 12.5. The molecule has 1 heterocycles. The summed E-state index contributed by atoms with van der Waals surface area (Å²) in [7, 11) is 4.68. The van der Waals surface area contributed by atoms with Crippen molar-refractivity contribution in [1.82, 2.24) is 4.90 Å². The molecule has 0 unspecified atom stereocenters. The molecule has 132 valence electrons. The van der Waals surface area contributed by atoms with Crippen molar-refractivity contribution in [1.29, 1.82) is 0 Å². The molecule has 2 atom stereocenters. The Kier molecular flexibility index (Phi) is 6.03. The normalized spacial score (nSPS) is 18.4. The summed E-state index contributed by atoms with van der Waals surface area (Å²) in [5.41, 5.74) is 0.526. The molecule has 0 radical (unpaired) electrons. The largest absolute Gasteiger partial charge is 0.497 e. The van der Waals surface area contributed by atoms with Gasteiger partial charge in [-0.2, -0.15) is 0 Å². The van der Waals surface area contributed by atoms with Gasteiger partial charge in [-0.1, -0.05) is 0 Å². The van der Waals surface area contributed by atoms with Gasteiger partial charge in [-0.3, -0.25) is 9.59 Å². The number of likely N-dealkylation sites (tertiary alicyclic amines) is 1. The average molecular weight is 336 g/mol. The average Bonchev–Trinajstić information content (AvgIpc) is 2.97. The number of carbonyl (C=O) groups excluding carboxylic acids is 2. The van der Waals surface area contributed by atoms with Gasteiger partial charge < -0.3 is 24.4 Å². The van der Waals surface area contributed by atoms with Crippen LogP contribution in [-0.4, -0.2) is 57.2 Å². The van der Waals surface area contributed by atoms with Crippen molar-refractivity contribution in [2.45, 2.75) is 19.4 Å². The molecule has 2 rings (SSSR count). The molecule has 0 aliphatic carbocycles. The molecule has 1 aromatic rings. The van der Waals surface area contributed by atoms with Crippen molar-refractivity contribution in [2.75, 3.05) is 39.8 Å². The Bertz CT molecular complexity index is 605. The summed E-state index contributed by atoms with van der Waals surface area (Å²) in [6.07, 6.45) is 0.201. The minimum atomic E-state index is -0.396. The second-order valence-corrected chi connectivity index (χ2v) is 5.81. The van der Waals surface area contributed by atoms with Gasteiger partial charge in [0.1, 0.15) is 11.5 Å². The van der Waals surface area contributed by atoms with Crippen molar-refractivity contribution < 1.29 is 23.8 Å². The van der Waals surface area contributed by atoms with Crippen LogP contribution in [0.5, 0.6) is 11.5 Å². The van der Waals surface area contributed by atoms with Crippen LogP contribution in [0, 0.1) is 5.92 Å². The van der Waals surface area contributed by atoms with Gasteiger partial charge in [0.05, 0.1) is 38.5 Å². The number of nitrogens with one attached hydrogen (secondary N) is 1. The standard InChI is InChI=1S/C17H24N2O5/c1-11(10-22-2)19-9-12(7-16(19)20)17(21)18-14-8-13(23-3)5-6-15(14)24-4/h5-6,8,11-12H,7,9-10H2,1-4H3,(H,18,21)/t11-,12+/m1/s1. The maximum Gasteiger partial charge on any atom is 0.229 e. The molecule has 1 aromatic carbocycles. The highest BCUT2D eigenvalue weighted by Gasteiger charge is 2.36. The monoisotopic (exact) mass is 336 g/mol. The minimum absolute atomic E-state index is 0.0303. The van der Waals surface area contributed by atoms with Crippen LogP contribution < -0.4 is 14.8 Å². The van der Waals surface area contributed by atoms with E-state index in [1.165, 1.54) is 7.11 Å². The summed E-state index contributed by atoms with van der Waals surface area (Å²) in [6, 6.07) is 5.12. The van der Waals surface area contributed by atoms with Crippen LogP contribution in [-0.2, 0) is 14.3 Å². The predicted octanol–water partition coefficient (Wildman–Crippen LogP) is 1.53. The van der Waals surface area contributed by atoms with Gasteiger partial charge in [-0.15, -0.1) is 0 Å². The van der Waals surface area contributed by atoms with Gasteiger partial charge in [-0.25, -0.2) is 0 Å². The van der Waals surface area contributed by atoms with E-state index in [1.54, 1.807) is 37.3 Å². The summed E-state index contributed by atoms with van der Waals surface area (Å²) < 4.78 is 15.5. The van der Waals surface area contributed by atoms with Crippen LogP contribution in [0.15, 0.2) is 18.2 Å². The first-order valence-electron chi connectivity index (χ1n) is 7.81. The smallest absolute Gasteiger partial charge is 0.229 e. The van der Waals surface area contributed by atoms with Crippen molar-refractivity contribution in [2.24, 2.45) is 5.92 Å². The lowest BCUT2D eigenvalue weighted by Crippen LogP contribution is -2.38. The van der Waals surface area contributed by atoms with E-state index in [9.17, 15) is 9.59 Å². The fraction of sp³-hybridized carbons (Fsp3) is 0.529. The first-order valence-corrected chi connectivity index (χ1v) is 7.81. The van der Waals surface area contributed by atoms with E-state index in [2.05, 4.69) is 5.32 Å². The van der Waals surface area contributed by atoms with Crippen LogP contribution in [0.1, 0.15) is 13.3 Å². The molecule has 1 saturated heterocycles. The number of ether oxygens (including phenoxy) is 3. The highest BCUT2D eigenvalue weighted by molar-refractivity contribution is 5.98. The number of benzene rings is 1. The number of amides is 2. The van der Waals surface area contributed by atoms with E-state index in [0.717, 1.165) is 0 Å². The number of anilines is 1. The van der Waals surface area contributed by atoms with Crippen LogP contribution in [0.4, 0.5) is 5.69 Å². The van der Waals surface area contributed by atoms with Gasteiger partial charge in [0.2, 0.25) is 11.8 Å². The Morgan fingerprint density at radius 1 is 1.33 bits per heavy atom. The third kappa shape index (κ3) is 3.97. The number of rotatable bonds is 7. The van der Waals surface area contributed by atoms with E-state index >= 15 is 0 Å². The van der Waals surface area contributed by atoms with E-state index < -0.39 is 5.92 Å². The second kappa shape index (κ2) is 8.01. The number of methoxy groups -OCH3 is 3. The molecule has 1 N–H and O–H groups in total. The van der Waals surface area contributed by atoms with E-state index in [1.807, 2.05) is 6.92 Å². The third-order valence-electron chi connectivity index (χ3n) is 4.13. The summed E-state index contributed by atoms with van der Waals surface area (Å²) in [5.74, 6) is 0.522. The molecule has 0 bridgehead atoms.